The standard InChI is InChI=1S/C17H15ClN2/c18-16-8-6-15(7-9-16)17(20-11-10-19-13-20)12-14-4-2-1-3-5-14/h1-11,13,17H,12H2. The SMILES string of the molecule is Clc1ccc(C(Cc2ccccc2)n2ccnc2)cc1. The van der Waals surface area contributed by atoms with Gasteiger partial charge in [0.2, 0.25) is 0 Å². The Labute approximate surface area is 123 Å². The predicted octanol–water partition coefficient (Wildman–Crippen LogP) is 4.37. The Balaban J connectivity index is 1.94. The van der Waals surface area contributed by atoms with Crippen LogP contribution in [-0.4, -0.2) is 9.55 Å². The van der Waals surface area contributed by atoms with Gasteiger partial charge in [-0.15, -0.1) is 0 Å². The lowest BCUT2D eigenvalue weighted by molar-refractivity contribution is 0.581. The molecule has 0 aliphatic rings. The van der Waals surface area contributed by atoms with Crippen LogP contribution in [0.25, 0.3) is 0 Å². The maximum Gasteiger partial charge on any atom is 0.0951 e. The first-order valence-electron chi connectivity index (χ1n) is 6.60. The van der Waals surface area contributed by atoms with Crippen molar-refractivity contribution >= 4 is 11.6 Å². The van der Waals surface area contributed by atoms with E-state index < -0.39 is 0 Å². The molecule has 0 saturated heterocycles. The summed E-state index contributed by atoms with van der Waals surface area (Å²) in [6.07, 6.45) is 6.61. The highest BCUT2D eigenvalue weighted by atomic mass is 35.5. The first-order valence-corrected chi connectivity index (χ1v) is 6.97. The average molecular weight is 283 g/mol. The van der Waals surface area contributed by atoms with Crippen LogP contribution in [0.2, 0.25) is 5.02 Å². The van der Waals surface area contributed by atoms with Crippen LogP contribution < -0.4 is 0 Å². The Morgan fingerprint density at radius 2 is 1.75 bits per heavy atom. The van der Waals surface area contributed by atoms with Crippen molar-refractivity contribution in [3.8, 4) is 0 Å². The van der Waals surface area contributed by atoms with E-state index in [0.717, 1.165) is 11.4 Å². The van der Waals surface area contributed by atoms with E-state index in [1.807, 2.05) is 36.9 Å². The lowest BCUT2D eigenvalue weighted by Crippen LogP contribution is -2.12. The Bertz CT molecular complexity index is 645. The van der Waals surface area contributed by atoms with Crippen molar-refractivity contribution < 1.29 is 0 Å². The number of nitrogens with zero attached hydrogens (tertiary/aromatic N) is 2. The minimum Gasteiger partial charge on any atom is -0.330 e. The molecule has 0 saturated carbocycles. The molecule has 1 heterocycles. The predicted molar refractivity (Wildman–Crippen MR) is 82.0 cm³/mol. The Hall–Kier alpha value is -2.06. The Kier molecular flexibility index (Phi) is 3.84. The summed E-state index contributed by atoms with van der Waals surface area (Å²) in [5.41, 5.74) is 2.54. The molecule has 2 aromatic carbocycles. The van der Waals surface area contributed by atoms with E-state index in [-0.39, 0.29) is 6.04 Å². The van der Waals surface area contributed by atoms with Gasteiger partial charge in [-0.2, -0.15) is 0 Å². The second-order valence-electron chi connectivity index (χ2n) is 4.77. The first kappa shape index (κ1) is 12.9. The van der Waals surface area contributed by atoms with Crippen LogP contribution in [-0.2, 0) is 6.42 Å². The second kappa shape index (κ2) is 5.93. The third-order valence-electron chi connectivity index (χ3n) is 3.41. The molecule has 3 heteroatoms. The van der Waals surface area contributed by atoms with Gasteiger partial charge in [0.1, 0.15) is 0 Å². The first-order chi connectivity index (χ1) is 9.83. The molecule has 0 N–H and O–H groups in total. The number of aromatic nitrogens is 2. The molecule has 0 aliphatic heterocycles. The third-order valence-corrected chi connectivity index (χ3v) is 3.66. The van der Waals surface area contributed by atoms with Crippen molar-refractivity contribution in [3.63, 3.8) is 0 Å². The van der Waals surface area contributed by atoms with E-state index in [9.17, 15) is 0 Å². The van der Waals surface area contributed by atoms with Gasteiger partial charge in [0.25, 0.3) is 0 Å². The normalized spacial score (nSPS) is 12.2. The molecule has 2 nitrogen and oxygen atoms in total. The largest absolute Gasteiger partial charge is 0.330 e. The van der Waals surface area contributed by atoms with Gasteiger partial charge in [-0.05, 0) is 29.7 Å². The molecule has 1 atom stereocenters. The Morgan fingerprint density at radius 3 is 2.40 bits per heavy atom. The molecule has 0 aliphatic carbocycles. The van der Waals surface area contributed by atoms with E-state index in [1.54, 1.807) is 0 Å². The number of benzene rings is 2. The van der Waals surface area contributed by atoms with Gasteiger partial charge in [0.05, 0.1) is 12.4 Å². The van der Waals surface area contributed by atoms with Crippen LogP contribution in [0.4, 0.5) is 0 Å². The van der Waals surface area contributed by atoms with Gasteiger partial charge in [-0.1, -0.05) is 54.1 Å². The third kappa shape index (κ3) is 2.91. The number of hydrogen-bond acceptors (Lipinski definition) is 1. The smallest absolute Gasteiger partial charge is 0.0951 e. The zero-order chi connectivity index (χ0) is 13.8. The van der Waals surface area contributed by atoms with Gasteiger partial charge in [-0.25, -0.2) is 4.98 Å². The molecule has 1 unspecified atom stereocenters. The molecule has 0 fully saturated rings. The summed E-state index contributed by atoms with van der Waals surface area (Å²) in [4.78, 5) is 4.16. The van der Waals surface area contributed by atoms with Gasteiger partial charge < -0.3 is 4.57 Å². The molecule has 20 heavy (non-hydrogen) atoms. The monoisotopic (exact) mass is 282 g/mol. The quantitative estimate of drug-likeness (QED) is 0.695. The second-order valence-corrected chi connectivity index (χ2v) is 5.20. The van der Waals surface area contributed by atoms with Gasteiger partial charge in [0.15, 0.2) is 0 Å². The molecule has 0 bridgehead atoms. The summed E-state index contributed by atoms with van der Waals surface area (Å²) < 4.78 is 2.14. The summed E-state index contributed by atoms with van der Waals surface area (Å²) in [5.74, 6) is 0. The van der Waals surface area contributed by atoms with Gasteiger partial charge in [-0.3, -0.25) is 0 Å². The van der Waals surface area contributed by atoms with Crippen LogP contribution in [0.5, 0.6) is 0 Å². The average Bonchev–Trinajstić information content (AvgIpc) is 3.01. The van der Waals surface area contributed by atoms with Crippen molar-refractivity contribution in [2.24, 2.45) is 0 Å². The highest BCUT2D eigenvalue weighted by Crippen LogP contribution is 2.24. The van der Waals surface area contributed by atoms with Gasteiger partial charge >= 0.3 is 0 Å². The maximum absolute atomic E-state index is 5.98. The molecule has 3 rings (SSSR count). The molecule has 1 aromatic heterocycles. The van der Waals surface area contributed by atoms with Crippen LogP contribution >= 0.6 is 11.6 Å². The summed E-state index contributed by atoms with van der Waals surface area (Å²) in [6, 6.07) is 18.8. The van der Waals surface area contributed by atoms with E-state index in [1.165, 1.54) is 11.1 Å². The minimum atomic E-state index is 0.233. The lowest BCUT2D eigenvalue weighted by Gasteiger charge is -2.19. The fourth-order valence-corrected chi connectivity index (χ4v) is 2.50. The molecule has 0 radical (unpaired) electrons. The fraction of sp³-hybridized carbons (Fsp3) is 0.118. The van der Waals surface area contributed by atoms with Crippen LogP contribution in [0, 0.1) is 0 Å². The van der Waals surface area contributed by atoms with Crippen molar-refractivity contribution in [2.75, 3.05) is 0 Å². The summed E-state index contributed by atoms with van der Waals surface area (Å²) >= 11 is 5.98. The van der Waals surface area contributed by atoms with E-state index in [2.05, 4.69) is 45.9 Å². The van der Waals surface area contributed by atoms with Gasteiger partial charge in [0, 0.05) is 17.4 Å². The highest BCUT2D eigenvalue weighted by molar-refractivity contribution is 6.30. The zero-order valence-electron chi connectivity index (χ0n) is 11.0. The molecular formula is C17H15ClN2. The van der Waals surface area contributed by atoms with Crippen molar-refractivity contribution in [1.82, 2.24) is 9.55 Å². The number of hydrogen-bond donors (Lipinski definition) is 0. The summed E-state index contributed by atoms with van der Waals surface area (Å²) in [7, 11) is 0. The number of halogens is 1. The van der Waals surface area contributed by atoms with Crippen molar-refractivity contribution in [3.05, 3.63) is 89.5 Å². The molecular weight excluding hydrogens is 268 g/mol. The topological polar surface area (TPSA) is 17.8 Å². The molecule has 100 valence electrons. The molecule has 3 aromatic rings. The van der Waals surface area contributed by atoms with Crippen LogP contribution in [0.15, 0.2) is 73.3 Å². The lowest BCUT2D eigenvalue weighted by atomic mass is 9.99. The van der Waals surface area contributed by atoms with E-state index >= 15 is 0 Å². The van der Waals surface area contributed by atoms with E-state index in [4.69, 9.17) is 11.6 Å². The molecule has 0 amide bonds. The summed E-state index contributed by atoms with van der Waals surface area (Å²) in [5, 5.41) is 0.762. The van der Waals surface area contributed by atoms with Crippen LogP contribution in [0.3, 0.4) is 0 Å². The van der Waals surface area contributed by atoms with Crippen molar-refractivity contribution in [2.45, 2.75) is 12.5 Å². The number of imidazole rings is 1. The van der Waals surface area contributed by atoms with Crippen LogP contribution in [0.1, 0.15) is 17.2 Å². The number of rotatable bonds is 4. The summed E-state index contributed by atoms with van der Waals surface area (Å²) in [6.45, 7) is 0. The molecule has 0 spiro atoms. The van der Waals surface area contributed by atoms with E-state index in [0.29, 0.717) is 0 Å². The zero-order valence-corrected chi connectivity index (χ0v) is 11.7. The fourth-order valence-electron chi connectivity index (χ4n) is 2.37. The maximum atomic E-state index is 5.98. The minimum absolute atomic E-state index is 0.233. The highest BCUT2D eigenvalue weighted by Gasteiger charge is 2.13. The van der Waals surface area contributed by atoms with Crippen molar-refractivity contribution in [1.29, 1.82) is 0 Å². The Morgan fingerprint density at radius 1 is 1.00 bits per heavy atom.